The Bertz CT molecular complexity index is 576. The fourth-order valence-corrected chi connectivity index (χ4v) is 6.52. The van der Waals surface area contributed by atoms with Crippen LogP contribution in [0.25, 0.3) is 0 Å². The molecule has 4 heterocycles. The molecule has 26 heavy (non-hydrogen) atoms. The average Bonchev–Trinajstić information content (AvgIpc) is 2.94. The molecule has 4 aliphatic heterocycles. The Balaban J connectivity index is 1.41. The molecular formula is C15H29N3O6SSi. The lowest BCUT2D eigenvalue weighted by atomic mass is 10.4. The summed E-state index contributed by atoms with van der Waals surface area (Å²) in [4.78, 5) is 4.54. The maximum absolute atomic E-state index is 10.7. The van der Waals surface area contributed by atoms with Crippen molar-refractivity contribution in [3.63, 3.8) is 0 Å². The minimum Gasteiger partial charge on any atom is -0.748 e. The molecule has 0 unspecified atom stereocenters. The smallest absolute Gasteiger partial charge is 0.501 e. The van der Waals surface area contributed by atoms with Crippen molar-refractivity contribution in [2.45, 2.75) is 18.9 Å². The summed E-state index contributed by atoms with van der Waals surface area (Å²) in [5.74, 6) is -0.297. The lowest BCUT2D eigenvalue weighted by molar-refractivity contribution is -0.513. The van der Waals surface area contributed by atoms with Gasteiger partial charge in [-0.25, -0.2) is 8.42 Å². The number of hydrogen-bond acceptors (Lipinski definition) is 8. The number of rotatable bonds is 8. The molecule has 3 fully saturated rings. The van der Waals surface area contributed by atoms with Gasteiger partial charge in [-0.1, -0.05) is 0 Å². The Kier molecular flexibility index (Phi) is 7.05. The monoisotopic (exact) mass is 407 g/mol. The van der Waals surface area contributed by atoms with E-state index in [9.17, 15) is 13.0 Å². The second-order valence-corrected chi connectivity index (χ2v) is 11.2. The largest absolute Gasteiger partial charge is 0.748 e. The zero-order valence-corrected chi connectivity index (χ0v) is 17.0. The molecule has 0 amide bonds. The summed E-state index contributed by atoms with van der Waals surface area (Å²) < 4.78 is 52.2. The summed E-state index contributed by atoms with van der Waals surface area (Å²) in [6, 6.07) is 0.825. The van der Waals surface area contributed by atoms with E-state index in [4.69, 9.17) is 13.3 Å². The predicted octanol–water partition coefficient (Wildman–Crippen LogP) is -1.01. The van der Waals surface area contributed by atoms with Gasteiger partial charge in [-0.05, 0) is 12.8 Å². The molecular weight excluding hydrogens is 378 g/mol. The van der Waals surface area contributed by atoms with Gasteiger partial charge in [0.25, 0.3) is 0 Å². The molecule has 0 aliphatic carbocycles. The van der Waals surface area contributed by atoms with Crippen molar-refractivity contribution in [2.75, 3.05) is 71.4 Å². The van der Waals surface area contributed by atoms with Crippen molar-refractivity contribution >= 4 is 25.3 Å². The first-order chi connectivity index (χ1) is 12.4. The predicted molar refractivity (Wildman–Crippen MR) is 96.3 cm³/mol. The molecule has 0 spiro atoms. The Morgan fingerprint density at radius 3 is 2.31 bits per heavy atom. The van der Waals surface area contributed by atoms with Gasteiger partial charge in [0.2, 0.25) is 6.34 Å². The van der Waals surface area contributed by atoms with Gasteiger partial charge in [0.1, 0.15) is 13.1 Å². The van der Waals surface area contributed by atoms with Gasteiger partial charge in [-0.3, -0.25) is 14.4 Å². The molecule has 4 rings (SSSR count). The molecule has 0 atom stereocenters. The SMILES string of the molecule is O=S(=O)([O-])CCC[N+]1=CN(CCC[Si]23OCCN(CCO2)CCO3)CC1. The van der Waals surface area contributed by atoms with E-state index in [1.165, 1.54) is 0 Å². The summed E-state index contributed by atoms with van der Waals surface area (Å²) in [7, 11) is -6.66. The van der Waals surface area contributed by atoms with Crippen LogP contribution in [0.2, 0.25) is 6.04 Å². The maximum atomic E-state index is 10.7. The van der Waals surface area contributed by atoms with Gasteiger partial charge in [-0.2, -0.15) is 0 Å². The number of nitrogens with zero attached hydrogens (tertiary/aromatic N) is 3. The van der Waals surface area contributed by atoms with Crippen molar-refractivity contribution in [1.29, 1.82) is 0 Å². The Hall–Kier alpha value is -0.563. The summed E-state index contributed by atoms with van der Waals surface area (Å²) in [6.07, 6.45) is 3.35. The standard InChI is InChI=1S/C15H29N3O6SSi/c19-25(20,21)13-1-3-17-5-6-18(15-17)4-2-14-26-22-10-7-16(8-11-23-26)9-12-24-26/h15H,1-14H2. The molecule has 3 saturated heterocycles. The van der Waals surface area contributed by atoms with E-state index >= 15 is 0 Å². The third-order valence-electron chi connectivity index (χ3n) is 4.96. The fraction of sp³-hybridized carbons (Fsp3) is 0.933. The van der Waals surface area contributed by atoms with E-state index in [1.807, 2.05) is 6.34 Å². The van der Waals surface area contributed by atoms with Crippen LogP contribution in [0.5, 0.6) is 0 Å². The van der Waals surface area contributed by atoms with Crippen LogP contribution in [0.15, 0.2) is 0 Å². The molecule has 9 nitrogen and oxygen atoms in total. The third-order valence-corrected chi connectivity index (χ3v) is 8.64. The molecule has 0 N–H and O–H groups in total. The highest BCUT2D eigenvalue weighted by molar-refractivity contribution is 7.85. The highest BCUT2D eigenvalue weighted by Gasteiger charge is 2.43. The van der Waals surface area contributed by atoms with Gasteiger partial charge >= 0.3 is 8.80 Å². The summed E-state index contributed by atoms with van der Waals surface area (Å²) in [6.45, 7) is 8.17. The van der Waals surface area contributed by atoms with E-state index in [-0.39, 0.29) is 5.75 Å². The first-order valence-electron chi connectivity index (χ1n) is 9.35. The Morgan fingerprint density at radius 2 is 1.69 bits per heavy atom. The van der Waals surface area contributed by atoms with Crippen LogP contribution in [0, 0.1) is 0 Å². The van der Waals surface area contributed by atoms with Crippen molar-refractivity contribution in [1.82, 2.24) is 9.80 Å². The second-order valence-electron chi connectivity index (χ2n) is 6.98. The van der Waals surface area contributed by atoms with E-state index < -0.39 is 18.9 Å². The molecule has 4 aliphatic rings. The molecule has 0 aromatic carbocycles. The van der Waals surface area contributed by atoms with E-state index in [0.29, 0.717) is 32.8 Å². The molecule has 0 radical (unpaired) electrons. The van der Waals surface area contributed by atoms with E-state index in [0.717, 1.165) is 51.7 Å². The second kappa shape index (κ2) is 9.09. The minimum absolute atomic E-state index is 0.297. The quantitative estimate of drug-likeness (QED) is 0.287. The van der Waals surface area contributed by atoms with E-state index in [2.05, 4.69) is 14.4 Å². The first-order valence-corrected chi connectivity index (χ1v) is 12.9. The summed E-state index contributed by atoms with van der Waals surface area (Å²) >= 11 is 0. The lowest BCUT2D eigenvalue weighted by Gasteiger charge is -2.38. The van der Waals surface area contributed by atoms with Gasteiger partial charge in [0.15, 0.2) is 0 Å². The van der Waals surface area contributed by atoms with Crippen LogP contribution in [0.3, 0.4) is 0 Å². The molecule has 11 heteroatoms. The van der Waals surface area contributed by atoms with Gasteiger partial charge in [-0.15, -0.1) is 0 Å². The number of hydrogen-bond donors (Lipinski definition) is 0. The summed E-state index contributed by atoms with van der Waals surface area (Å²) in [5, 5.41) is 0. The Morgan fingerprint density at radius 1 is 1.04 bits per heavy atom. The van der Waals surface area contributed by atoms with Gasteiger partial charge in [0, 0.05) is 31.4 Å². The van der Waals surface area contributed by atoms with Crippen LogP contribution < -0.4 is 0 Å². The van der Waals surface area contributed by atoms with Crippen LogP contribution in [0.4, 0.5) is 0 Å². The van der Waals surface area contributed by atoms with Crippen LogP contribution in [0.1, 0.15) is 12.8 Å². The lowest BCUT2D eigenvalue weighted by Crippen LogP contribution is -2.55. The highest BCUT2D eigenvalue weighted by atomic mass is 32.2. The zero-order valence-electron chi connectivity index (χ0n) is 15.2. The van der Waals surface area contributed by atoms with Crippen LogP contribution in [-0.4, -0.2) is 114 Å². The first kappa shape index (κ1) is 20.2. The van der Waals surface area contributed by atoms with Gasteiger partial charge in [0.05, 0.1) is 43.0 Å². The molecule has 0 aromatic heterocycles. The molecule has 0 aromatic rings. The zero-order chi connectivity index (χ0) is 18.5. The highest BCUT2D eigenvalue weighted by Crippen LogP contribution is 2.22. The van der Waals surface area contributed by atoms with Crippen molar-refractivity contribution in [2.24, 2.45) is 0 Å². The van der Waals surface area contributed by atoms with Crippen LogP contribution in [-0.2, 0) is 23.4 Å². The normalized spacial score (nSPS) is 30.0. The molecule has 150 valence electrons. The minimum atomic E-state index is -4.11. The third kappa shape index (κ3) is 6.25. The molecule has 2 bridgehead atoms. The average molecular weight is 408 g/mol. The molecule has 0 saturated carbocycles. The topological polar surface area (TPSA) is 94.4 Å². The summed E-state index contributed by atoms with van der Waals surface area (Å²) in [5.41, 5.74) is 0. The van der Waals surface area contributed by atoms with Gasteiger partial charge < -0.3 is 17.8 Å². The van der Waals surface area contributed by atoms with Crippen molar-refractivity contribution in [3.8, 4) is 0 Å². The maximum Gasteiger partial charge on any atom is 0.501 e. The van der Waals surface area contributed by atoms with Crippen LogP contribution >= 0.6 is 0 Å². The Labute approximate surface area is 156 Å². The van der Waals surface area contributed by atoms with Crippen molar-refractivity contribution in [3.05, 3.63) is 0 Å². The van der Waals surface area contributed by atoms with E-state index in [1.54, 1.807) is 0 Å². The van der Waals surface area contributed by atoms with Crippen molar-refractivity contribution < 1.29 is 30.8 Å². The fourth-order valence-electron chi connectivity index (χ4n) is 3.55. The number of fused-ring (bicyclic) bond motifs is 6.